The van der Waals surface area contributed by atoms with Crippen LogP contribution in [0.2, 0.25) is 0 Å². The van der Waals surface area contributed by atoms with E-state index in [1.165, 1.54) is 257 Å². The van der Waals surface area contributed by atoms with E-state index in [1.807, 2.05) is 9.80 Å². The van der Waals surface area contributed by atoms with Crippen molar-refractivity contribution in [2.75, 3.05) is 171 Å². The predicted molar refractivity (Wildman–Crippen MR) is 403 cm³/mol. The largest absolute Gasteiger partial charge is 0.395 e. The number of carbonyl (C=O) groups is 2. The lowest BCUT2D eigenvalue weighted by atomic mass is 10.1. The first-order valence-corrected chi connectivity index (χ1v) is 41.3. The van der Waals surface area contributed by atoms with Crippen LogP contribution < -0.4 is 0 Å². The summed E-state index contributed by atoms with van der Waals surface area (Å²) in [6.07, 6.45) is 59.2. The molecule has 0 heterocycles. The number of aliphatic hydroxyl groups is 2. The van der Waals surface area contributed by atoms with Gasteiger partial charge in [0.15, 0.2) is 0 Å². The lowest BCUT2D eigenvalue weighted by Gasteiger charge is -2.30. The lowest BCUT2D eigenvalue weighted by molar-refractivity contribution is -0.132. The molecule has 14 heteroatoms. The lowest BCUT2D eigenvalue weighted by Crippen LogP contribution is -2.44. The standard InChI is InChI=1S/C80H164N6O8/c1-7-13-17-21-25-29-33-37-41-45-49-71-91-75-65-83(66-76-92-72-50-46-42-38-34-30-26-22-18-14-8-2)59-61-85(11-5)79(89)53-55-81(63-69-87)57-58-82(64-70-88)56-54-80(90)86(12-6)62-60-84(67-77-93-73-51-47-43-39-35-31-27-23-19-15-9-3)68-78-94-74-52-48-44-40-36-32-28-24-20-16-10-4/h87-88H,7-78H2,1-6H3. The van der Waals surface area contributed by atoms with Crippen LogP contribution in [-0.4, -0.2) is 222 Å². The first-order chi connectivity index (χ1) is 46.3. The van der Waals surface area contributed by atoms with Gasteiger partial charge < -0.3 is 39.0 Å². The van der Waals surface area contributed by atoms with Crippen LogP contribution in [0, 0.1) is 0 Å². The molecule has 0 fully saturated rings. The molecule has 0 unspecified atom stereocenters. The Bertz CT molecular complexity index is 1320. The van der Waals surface area contributed by atoms with Crippen LogP contribution in [0.15, 0.2) is 0 Å². The molecule has 0 aliphatic heterocycles. The van der Waals surface area contributed by atoms with Gasteiger partial charge in [0.2, 0.25) is 11.8 Å². The van der Waals surface area contributed by atoms with Gasteiger partial charge in [-0.25, -0.2) is 0 Å². The number of rotatable bonds is 81. The summed E-state index contributed by atoms with van der Waals surface area (Å²) in [5.41, 5.74) is 0. The molecule has 0 saturated carbocycles. The van der Waals surface area contributed by atoms with E-state index in [9.17, 15) is 19.8 Å². The third-order valence-electron chi connectivity index (χ3n) is 19.5. The molecule has 0 aromatic carbocycles. The first kappa shape index (κ1) is 92.5. The summed E-state index contributed by atoms with van der Waals surface area (Å²) in [6, 6.07) is 0. The highest BCUT2D eigenvalue weighted by Gasteiger charge is 2.19. The van der Waals surface area contributed by atoms with Crippen LogP contribution in [0.3, 0.4) is 0 Å². The molecule has 0 aliphatic rings. The van der Waals surface area contributed by atoms with E-state index >= 15 is 0 Å². The minimum atomic E-state index is 0.00130. The fourth-order valence-corrected chi connectivity index (χ4v) is 12.8. The van der Waals surface area contributed by atoms with Crippen LogP contribution in [0.5, 0.6) is 0 Å². The van der Waals surface area contributed by atoms with Crippen molar-refractivity contribution in [1.82, 2.24) is 29.4 Å². The summed E-state index contributed by atoms with van der Waals surface area (Å²) >= 11 is 0. The van der Waals surface area contributed by atoms with Crippen LogP contribution >= 0.6 is 0 Å². The monoisotopic (exact) mass is 1340 g/mol. The van der Waals surface area contributed by atoms with Crippen LogP contribution in [0.4, 0.5) is 0 Å². The number of amides is 2. The maximum Gasteiger partial charge on any atom is 0.223 e. The smallest absolute Gasteiger partial charge is 0.223 e. The first-order valence-electron chi connectivity index (χ1n) is 41.3. The molecule has 0 aromatic heterocycles. The predicted octanol–water partition coefficient (Wildman–Crippen LogP) is 18.0. The quantitative estimate of drug-likeness (QED) is 0.0562. The molecule has 94 heavy (non-hydrogen) atoms. The second-order valence-corrected chi connectivity index (χ2v) is 27.9. The van der Waals surface area contributed by atoms with E-state index < -0.39 is 0 Å². The zero-order chi connectivity index (χ0) is 68.4. The Labute approximate surface area is 584 Å². The fraction of sp³-hybridized carbons (Fsp3) is 0.975. The van der Waals surface area contributed by atoms with Gasteiger partial charge in [-0.3, -0.25) is 29.2 Å². The molecule has 0 saturated heterocycles. The molecular formula is C80H164N6O8. The Balaban J connectivity index is 5.25. The van der Waals surface area contributed by atoms with Crippen LogP contribution in [-0.2, 0) is 28.5 Å². The molecule has 14 nitrogen and oxygen atoms in total. The Kier molecular flexibility index (Phi) is 76.1. The number of aliphatic hydroxyl groups excluding tert-OH is 2. The molecule has 0 spiro atoms. The summed E-state index contributed by atoms with van der Waals surface area (Å²) < 4.78 is 24.8. The summed E-state index contributed by atoms with van der Waals surface area (Å²) in [5, 5.41) is 20.3. The molecule has 2 N–H and O–H groups in total. The second kappa shape index (κ2) is 77.3. The van der Waals surface area contributed by atoms with E-state index in [0.29, 0.717) is 105 Å². The number of likely N-dealkylation sites (N-methyl/N-ethyl adjacent to an activating group) is 2. The minimum absolute atomic E-state index is 0.00130. The van der Waals surface area contributed by atoms with Gasteiger partial charge in [0.05, 0.1) is 39.6 Å². The van der Waals surface area contributed by atoms with Gasteiger partial charge in [-0.1, -0.05) is 285 Å². The van der Waals surface area contributed by atoms with E-state index in [-0.39, 0.29) is 25.0 Å². The molecule has 562 valence electrons. The topological polar surface area (TPSA) is 131 Å². The molecule has 2 amide bonds. The molecular weight excluding hydrogens is 1170 g/mol. The molecule has 0 rings (SSSR count). The maximum absolute atomic E-state index is 13.9. The number of ether oxygens (including phenoxy) is 4. The van der Waals surface area contributed by atoms with Gasteiger partial charge in [-0.15, -0.1) is 0 Å². The van der Waals surface area contributed by atoms with E-state index in [0.717, 1.165) is 91.4 Å². The van der Waals surface area contributed by atoms with Gasteiger partial charge in [0.25, 0.3) is 0 Å². The van der Waals surface area contributed by atoms with Gasteiger partial charge >= 0.3 is 0 Å². The zero-order valence-electron chi connectivity index (χ0n) is 63.9. The van der Waals surface area contributed by atoms with Crippen LogP contribution in [0.25, 0.3) is 0 Å². The Morgan fingerprint density at radius 3 is 0.617 bits per heavy atom. The SMILES string of the molecule is CCCCCCCCCCCCCOCCN(CCOCCCCCCCCCCCCC)CCN(CC)C(=O)CCN(CCO)CCN(CCO)CCC(=O)N(CC)CCN(CCOCCCCCCCCCCCCC)CCOCCCCCCCCCCCCC. The van der Waals surface area contributed by atoms with Crippen molar-refractivity contribution in [2.45, 2.75) is 337 Å². The van der Waals surface area contributed by atoms with Crippen LogP contribution in [0.1, 0.15) is 337 Å². The summed E-state index contributed by atoms with van der Waals surface area (Å²) in [7, 11) is 0. The number of nitrogens with zero attached hydrogens (tertiary/aromatic N) is 6. The van der Waals surface area contributed by atoms with Crippen molar-refractivity contribution in [3.8, 4) is 0 Å². The maximum atomic E-state index is 13.9. The van der Waals surface area contributed by atoms with E-state index in [2.05, 4.69) is 61.1 Å². The average Bonchev–Trinajstić information content (AvgIpc) is 3.05. The van der Waals surface area contributed by atoms with E-state index in [1.54, 1.807) is 0 Å². The van der Waals surface area contributed by atoms with Crippen molar-refractivity contribution >= 4 is 11.8 Å². The minimum Gasteiger partial charge on any atom is -0.395 e. The Morgan fingerprint density at radius 2 is 0.415 bits per heavy atom. The number of carbonyl (C=O) groups excluding carboxylic acids is 2. The van der Waals surface area contributed by atoms with Crippen molar-refractivity contribution in [1.29, 1.82) is 0 Å². The van der Waals surface area contributed by atoms with Gasteiger partial charge in [-0.05, 0) is 39.5 Å². The second-order valence-electron chi connectivity index (χ2n) is 27.9. The third kappa shape index (κ3) is 65.2. The normalized spacial score (nSPS) is 11.9. The van der Waals surface area contributed by atoms with E-state index in [4.69, 9.17) is 18.9 Å². The fourth-order valence-electron chi connectivity index (χ4n) is 12.8. The summed E-state index contributed by atoms with van der Waals surface area (Å²) in [4.78, 5) is 40.9. The Morgan fingerprint density at radius 1 is 0.223 bits per heavy atom. The highest BCUT2D eigenvalue weighted by Crippen LogP contribution is 2.16. The number of hydrogen-bond donors (Lipinski definition) is 2. The number of hydrogen-bond acceptors (Lipinski definition) is 12. The van der Waals surface area contributed by atoms with Crippen molar-refractivity contribution in [2.24, 2.45) is 0 Å². The summed E-state index contributed by atoms with van der Waals surface area (Å²) in [5.74, 6) is 0.252. The molecule has 0 bridgehead atoms. The summed E-state index contributed by atoms with van der Waals surface area (Å²) in [6.45, 7) is 30.0. The van der Waals surface area contributed by atoms with Crippen molar-refractivity contribution < 1.29 is 38.7 Å². The van der Waals surface area contributed by atoms with Crippen molar-refractivity contribution in [3.63, 3.8) is 0 Å². The van der Waals surface area contributed by atoms with Gasteiger partial charge in [0.1, 0.15) is 0 Å². The van der Waals surface area contributed by atoms with Gasteiger partial charge in [0, 0.05) is 144 Å². The number of unbranched alkanes of at least 4 members (excludes halogenated alkanes) is 40. The molecule has 0 aliphatic carbocycles. The molecule has 0 aromatic rings. The van der Waals surface area contributed by atoms with Crippen molar-refractivity contribution in [3.05, 3.63) is 0 Å². The zero-order valence-corrected chi connectivity index (χ0v) is 63.9. The third-order valence-corrected chi connectivity index (χ3v) is 19.5. The van der Waals surface area contributed by atoms with Gasteiger partial charge in [-0.2, -0.15) is 0 Å². The molecule has 0 radical (unpaired) electrons. The average molecular weight is 1340 g/mol. The molecule has 0 atom stereocenters. The highest BCUT2D eigenvalue weighted by atomic mass is 16.5. The highest BCUT2D eigenvalue weighted by molar-refractivity contribution is 5.76. The Hall–Kier alpha value is -1.46.